The Hall–Kier alpha value is 0.270. The fourth-order valence-corrected chi connectivity index (χ4v) is 1.84. The Bertz CT molecular complexity index is 78.5. The van der Waals surface area contributed by atoms with E-state index in [9.17, 15) is 0 Å². The number of hydrogen-bond donors (Lipinski definition) is 2. The molecular formula is C5H11NOS. The van der Waals surface area contributed by atoms with Crippen LogP contribution in [0.4, 0.5) is 0 Å². The van der Waals surface area contributed by atoms with Gasteiger partial charge in [-0.2, -0.15) is 0 Å². The molecule has 1 aliphatic heterocycles. The minimum Gasteiger partial charge on any atom is -0.381 e. The summed E-state index contributed by atoms with van der Waals surface area (Å²) >= 11 is 1.57. The molecule has 48 valence electrons. The molecule has 3 heteroatoms. The van der Waals surface area contributed by atoms with Crippen molar-refractivity contribution < 1.29 is 5.11 Å². The maximum absolute atomic E-state index is 9.07. The van der Waals surface area contributed by atoms with E-state index in [-0.39, 0.29) is 11.5 Å². The predicted octanol–water partition coefficient (Wildman–Crippen LogP) is 0.376. The largest absolute Gasteiger partial charge is 0.381 e. The van der Waals surface area contributed by atoms with E-state index in [4.69, 9.17) is 5.11 Å². The third-order valence-electron chi connectivity index (χ3n) is 1.27. The van der Waals surface area contributed by atoms with Gasteiger partial charge in [-0.3, -0.25) is 5.32 Å². The van der Waals surface area contributed by atoms with E-state index < -0.39 is 0 Å². The molecule has 1 heterocycles. The normalized spacial score (nSPS) is 47.6. The minimum absolute atomic E-state index is 0.204. The number of nitrogens with one attached hydrogen (secondary N) is 1. The molecule has 1 saturated heterocycles. The average molecular weight is 133 g/mol. The van der Waals surface area contributed by atoms with Crippen LogP contribution in [0.25, 0.3) is 0 Å². The maximum Gasteiger partial charge on any atom is 0.116 e. The van der Waals surface area contributed by atoms with E-state index in [1.807, 2.05) is 6.92 Å². The predicted molar refractivity (Wildman–Crippen MR) is 35.7 cm³/mol. The van der Waals surface area contributed by atoms with Crippen molar-refractivity contribution in [3.63, 3.8) is 0 Å². The van der Waals surface area contributed by atoms with Crippen molar-refractivity contribution in [1.82, 2.24) is 5.32 Å². The summed E-state index contributed by atoms with van der Waals surface area (Å²) in [6, 6.07) is 0.259. The van der Waals surface area contributed by atoms with Crippen LogP contribution in [0.15, 0.2) is 0 Å². The summed E-state index contributed by atoms with van der Waals surface area (Å²) in [7, 11) is 0. The van der Waals surface area contributed by atoms with Crippen LogP contribution in [0.1, 0.15) is 13.8 Å². The van der Waals surface area contributed by atoms with Gasteiger partial charge in [0.1, 0.15) is 5.44 Å². The molecule has 3 atom stereocenters. The number of aliphatic hydroxyl groups is 1. The number of hydrogen-bond acceptors (Lipinski definition) is 3. The number of aliphatic hydroxyl groups excluding tert-OH is 1. The van der Waals surface area contributed by atoms with Gasteiger partial charge < -0.3 is 5.11 Å². The van der Waals surface area contributed by atoms with Crippen LogP contribution < -0.4 is 5.32 Å². The third kappa shape index (κ3) is 1.16. The maximum atomic E-state index is 9.07. The van der Waals surface area contributed by atoms with Crippen molar-refractivity contribution >= 4 is 11.8 Å². The molecule has 0 aromatic carbocycles. The van der Waals surface area contributed by atoms with Gasteiger partial charge in [-0.05, 0) is 13.8 Å². The van der Waals surface area contributed by atoms with Crippen LogP contribution >= 0.6 is 11.8 Å². The van der Waals surface area contributed by atoms with Gasteiger partial charge in [-0.25, -0.2) is 0 Å². The highest BCUT2D eigenvalue weighted by Crippen LogP contribution is 2.23. The van der Waals surface area contributed by atoms with Gasteiger partial charge in [0.2, 0.25) is 0 Å². The van der Waals surface area contributed by atoms with Crippen molar-refractivity contribution in [1.29, 1.82) is 0 Å². The highest BCUT2D eigenvalue weighted by atomic mass is 32.2. The second kappa shape index (κ2) is 2.25. The summed E-state index contributed by atoms with van der Waals surface area (Å²) < 4.78 is 0. The molecule has 2 nitrogen and oxygen atoms in total. The zero-order valence-corrected chi connectivity index (χ0v) is 5.90. The van der Waals surface area contributed by atoms with E-state index >= 15 is 0 Å². The third-order valence-corrected chi connectivity index (χ3v) is 2.50. The Kier molecular flexibility index (Phi) is 1.80. The Morgan fingerprint density at radius 2 is 2.12 bits per heavy atom. The summed E-state index contributed by atoms with van der Waals surface area (Å²) in [6.07, 6.45) is 0. The standard InChI is InChI=1S/C5H11NOS/c1-3-5(7)8-4(2)6-3/h3-7H,1-2H3. The molecule has 0 radical (unpaired) electrons. The Labute approximate surface area is 53.7 Å². The average Bonchev–Trinajstić information content (AvgIpc) is 1.85. The second-order valence-corrected chi connectivity index (χ2v) is 3.59. The lowest BCUT2D eigenvalue weighted by atomic mass is 10.4. The molecule has 0 spiro atoms. The molecule has 2 N–H and O–H groups in total. The van der Waals surface area contributed by atoms with Gasteiger partial charge in [-0.15, -0.1) is 11.8 Å². The molecule has 0 aromatic rings. The first-order valence-corrected chi connectivity index (χ1v) is 3.74. The fourth-order valence-electron chi connectivity index (χ4n) is 0.819. The van der Waals surface area contributed by atoms with E-state index in [1.165, 1.54) is 0 Å². The highest BCUT2D eigenvalue weighted by Gasteiger charge is 2.25. The zero-order valence-electron chi connectivity index (χ0n) is 5.09. The summed E-state index contributed by atoms with van der Waals surface area (Å²) in [5.74, 6) is 0. The van der Waals surface area contributed by atoms with Crippen LogP contribution in [0.5, 0.6) is 0 Å². The Morgan fingerprint density at radius 3 is 2.25 bits per heavy atom. The lowest BCUT2D eigenvalue weighted by Gasteiger charge is -2.03. The molecule has 0 bridgehead atoms. The van der Waals surface area contributed by atoms with E-state index in [0.29, 0.717) is 5.37 Å². The van der Waals surface area contributed by atoms with Crippen LogP contribution in [-0.4, -0.2) is 22.0 Å². The van der Waals surface area contributed by atoms with Crippen molar-refractivity contribution in [2.75, 3.05) is 0 Å². The zero-order chi connectivity index (χ0) is 6.15. The molecular weight excluding hydrogens is 122 g/mol. The van der Waals surface area contributed by atoms with Gasteiger partial charge >= 0.3 is 0 Å². The van der Waals surface area contributed by atoms with Gasteiger partial charge in [0.05, 0.1) is 5.37 Å². The minimum atomic E-state index is -0.204. The molecule has 3 unspecified atom stereocenters. The molecule has 1 rings (SSSR count). The Morgan fingerprint density at radius 1 is 1.50 bits per heavy atom. The number of rotatable bonds is 0. The number of thioether (sulfide) groups is 1. The Balaban J connectivity index is 2.39. The first-order chi connectivity index (χ1) is 3.70. The van der Waals surface area contributed by atoms with Gasteiger partial charge in [0.15, 0.2) is 0 Å². The SMILES string of the molecule is CC1NC(C)C(O)S1. The molecule has 1 aliphatic rings. The first-order valence-electron chi connectivity index (χ1n) is 2.79. The topological polar surface area (TPSA) is 32.3 Å². The molecule has 1 fully saturated rings. The monoisotopic (exact) mass is 133 g/mol. The highest BCUT2D eigenvalue weighted by molar-refractivity contribution is 8.00. The smallest absolute Gasteiger partial charge is 0.116 e. The molecule has 0 aromatic heterocycles. The van der Waals surface area contributed by atoms with Gasteiger partial charge in [0, 0.05) is 6.04 Å². The van der Waals surface area contributed by atoms with Crippen LogP contribution in [0, 0.1) is 0 Å². The summed E-state index contributed by atoms with van der Waals surface area (Å²) in [5.41, 5.74) is -0.204. The molecule has 0 saturated carbocycles. The quantitative estimate of drug-likeness (QED) is 0.501. The fraction of sp³-hybridized carbons (Fsp3) is 1.00. The summed E-state index contributed by atoms with van der Waals surface area (Å²) in [6.45, 7) is 4.04. The molecule has 8 heavy (non-hydrogen) atoms. The van der Waals surface area contributed by atoms with Crippen molar-refractivity contribution in [2.24, 2.45) is 0 Å². The van der Waals surface area contributed by atoms with E-state index in [0.717, 1.165) is 0 Å². The van der Waals surface area contributed by atoms with E-state index in [2.05, 4.69) is 12.2 Å². The molecule has 0 amide bonds. The van der Waals surface area contributed by atoms with Crippen molar-refractivity contribution in [3.05, 3.63) is 0 Å². The van der Waals surface area contributed by atoms with Gasteiger partial charge in [-0.1, -0.05) is 0 Å². The van der Waals surface area contributed by atoms with E-state index in [1.54, 1.807) is 11.8 Å². The lowest BCUT2D eigenvalue weighted by Crippen LogP contribution is -2.28. The summed E-state index contributed by atoms with van der Waals surface area (Å²) in [4.78, 5) is 0. The van der Waals surface area contributed by atoms with Crippen molar-refractivity contribution in [3.8, 4) is 0 Å². The van der Waals surface area contributed by atoms with Crippen LogP contribution in [-0.2, 0) is 0 Å². The van der Waals surface area contributed by atoms with Gasteiger partial charge in [0.25, 0.3) is 0 Å². The molecule has 0 aliphatic carbocycles. The summed E-state index contributed by atoms with van der Waals surface area (Å²) in [5, 5.41) is 12.7. The second-order valence-electron chi connectivity index (χ2n) is 2.12. The first kappa shape index (κ1) is 6.39. The van der Waals surface area contributed by atoms with Crippen molar-refractivity contribution in [2.45, 2.75) is 30.7 Å². The van der Waals surface area contributed by atoms with Crippen LogP contribution in [0.3, 0.4) is 0 Å². The lowest BCUT2D eigenvalue weighted by molar-refractivity contribution is 0.231. The van der Waals surface area contributed by atoms with Crippen LogP contribution in [0.2, 0.25) is 0 Å².